The summed E-state index contributed by atoms with van der Waals surface area (Å²) in [7, 11) is -3.10. The molecule has 0 radical (unpaired) electrons. The van der Waals surface area contributed by atoms with Gasteiger partial charge in [0.05, 0.1) is 17.1 Å². The molecule has 2 atom stereocenters. The van der Waals surface area contributed by atoms with E-state index in [1.165, 1.54) is 0 Å². The summed E-state index contributed by atoms with van der Waals surface area (Å²) in [6.07, 6.45) is 1.14. The second-order valence-electron chi connectivity index (χ2n) is 7.01. The fourth-order valence-electron chi connectivity index (χ4n) is 3.32. The van der Waals surface area contributed by atoms with Gasteiger partial charge in [-0.05, 0) is 45.2 Å². The molecule has 1 saturated heterocycles. The van der Waals surface area contributed by atoms with Crippen molar-refractivity contribution >= 4 is 21.7 Å². The lowest BCUT2D eigenvalue weighted by Crippen LogP contribution is -2.48. The van der Waals surface area contributed by atoms with Crippen molar-refractivity contribution in [3.05, 3.63) is 34.9 Å². The Morgan fingerprint density at radius 2 is 2.00 bits per heavy atom. The largest absolute Gasteiger partial charge is 0.452 e. The summed E-state index contributed by atoms with van der Waals surface area (Å²) in [5.41, 5.74) is 2.27. The molecular formula is C19H27NO5S. The number of hydrogen-bond donors (Lipinski definition) is 0. The van der Waals surface area contributed by atoms with Crippen molar-refractivity contribution in [1.29, 1.82) is 0 Å². The molecule has 0 bridgehead atoms. The Hall–Kier alpha value is -1.89. The molecule has 1 fully saturated rings. The first-order chi connectivity index (χ1) is 12.1. The molecule has 0 saturated carbocycles. The topological polar surface area (TPSA) is 80.8 Å². The molecule has 1 aliphatic heterocycles. The smallest absolute Gasteiger partial charge is 0.338 e. The monoisotopic (exact) mass is 381 g/mol. The minimum absolute atomic E-state index is 0.0197. The van der Waals surface area contributed by atoms with Crippen LogP contribution >= 0.6 is 0 Å². The SMILES string of the molecule is CC[C@H](C)N(C(=O)COC(=O)c1ccc(C)cc1C)[C@H]1CCS(=O)(=O)C1. The lowest BCUT2D eigenvalue weighted by atomic mass is 10.1. The highest BCUT2D eigenvalue weighted by molar-refractivity contribution is 7.91. The van der Waals surface area contributed by atoms with Crippen molar-refractivity contribution < 1.29 is 22.7 Å². The van der Waals surface area contributed by atoms with E-state index in [9.17, 15) is 18.0 Å². The van der Waals surface area contributed by atoms with Crippen LogP contribution in [-0.2, 0) is 19.4 Å². The van der Waals surface area contributed by atoms with Crippen LogP contribution in [0.1, 0.15) is 48.2 Å². The summed E-state index contributed by atoms with van der Waals surface area (Å²) in [5.74, 6) is -0.813. The molecule has 7 heteroatoms. The Morgan fingerprint density at radius 3 is 2.54 bits per heavy atom. The van der Waals surface area contributed by atoms with E-state index in [0.717, 1.165) is 11.1 Å². The first-order valence-electron chi connectivity index (χ1n) is 8.90. The number of sulfone groups is 1. The molecule has 6 nitrogen and oxygen atoms in total. The highest BCUT2D eigenvalue weighted by atomic mass is 32.2. The molecule has 0 N–H and O–H groups in total. The Morgan fingerprint density at radius 1 is 1.31 bits per heavy atom. The van der Waals surface area contributed by atoms with Gasteiger partial charge in [-0.3, -0.25) is 4.79 Å². The Bertz CT molecular complexity index is 787. The summed E-state index contributed by atoms with van der Waals surface area (Å²) in [6, 6.07) is 4.93. The maximum atomic E-state index is 12.7. The van der Waals surface area contributed by atoms with Gasteiger partial charge in [-0.25, -0.2) is 13.2 Å². The number of esters is 1. The summed E-state index contributed by atoms with van der Waals surface area (Å²) in [6.45, 7) is 7.20. The molecule has 144 valence electrons. The molecule has 1 aromatic carbocycles. The van der Waals surface area contributed by atoms with Gasteiger partial charge in [0.15, 0.2) is 16.4 Å². The number of benzene rings is 1. The molecule has 0 aliphatic carbocycles. The van der Waals surface area contributed by atoms with Gasteiger partial charge in [0.2, 0.25) is 0 Å². The maximum absolute atomic E-state index is 12.7. The van der Waals surface area contributed by atoms with Gasteiger partial charge in [0.1, 0.15) is 0 Å². The van der Waals surface area contributed by atoms with E-state index >= 15 is 0 Å². The lowest BCUT2D eigenvalue weighted by molar-refractivity contribution is -0.138. The fourth-order valence-corrected chi connectivity index (χ4v) is 5.03. The van der Waals surface area contributed by atoms with E-state index in [4.69, 9.17) is 4.74 Å². The molecule has 1 heterocycles. The second kappa shape index (κ2) is 8.20. The molecule has 1 aromatic rings. The molecule has 0 aromatic heterocycles. The van der Waals surface area contributed by atoms with E-state index in [1.807, 2.05) is 39.8 Å². The summed E-state index contributed by atoms with van der Waals surface area (Å²) in [4.78, 5) is 26.5. The first-order valence-corrected chi connectivity index (χ1v) is 10.7. The predicted octanol–water partition coefficient (Wildman–Crippen LogP) is 2.27. The summed E-state index contributed by atoms with van der Waals surface area (Å²) < 4.78 is 28.8. The van der Waals surface area contributed by atoms with Crippen LogP contribution in [0.5, 0.6) is 0 Å². The van der Waals surface area contributed by atoms with Crippen LogP contribution in [0.4, 0.5) is 0 Å². The average molecular weight is 381 g/mol. The van der Waals surface area contributed by atoms with Gasteiger partial charge in [-0.1, -0.05) is 24.6 Å². The quantitative estimate of drug-likeness (QED) is 0.706. The minimum Gasteiger partial charge on any atom is -0.452 e. The summed E-state index contributed by atoms with van der Waals surface area (Å²) >= 11 is 0. The number of carbonyl (C=O) groups is 2. The van der Waals surface area contributed by atoms with E-state index in [0.29, 0.717) is 18.4 Å². The zero-order chi connectivity index (χ0) is 19.5. The van der Waals surface area contributed by atoms with Crippen molar-refractivity contribution in [2.75, 3.05) is 18.1 Å². The Labute approximate surface area is 155 Å². The number of hydrogen-bond acceptors (Lipinski definition) is 5. The molecule has 1 aliphatic rings. The van der Waals surface area contributed by atoms with Crippen LogP contribution in [0.25, 0.3) is 0 Å². The normalized spacial score (nSPS) is 19.8. The fraction of sp³-hybridized carbons (Fsp3) is 0.579. The number of carbonyl (C=O) groups excluding carboxylic acids is 2. The predicted molar refractivity (Wildman–Crippen MR) is 99.9 cm³/mol. The van der Waals surface area contributed by atoms with Crippen molar-refractivity contribution in [3.63, 3.8) is 0 Å². The van der Waals surface area contributed by atoms with Crippen molar-refractivity contribution in [2.24, 2.45) is 0 Å². The number of nitrogens with zero attached hydrogens (tertiary/aromatic N) is 1. The third kappa shape index (κ3) is 4.84. The maximum Gasteiger partial charge on any atom is 0.338 e. The average Bonchev–Trinajstić information content (AvgIpc) is 2.92. The van der Waals surface area contributed by atoms with Crippen LogP contribution in [0, 0.1) is 13.8 Å². The number of aryl methyl sites for hydroxylation is 2. The number of amides is 1. The zero-order valence-corrected chi connectivity index (χ0v) is 16.6. The number of rotatable bonds is 6. The standard InChI is InChI=1S/C19H27NO5S/c1-5-15(4)20(16-8-9-26(23,24)12-16)18(21)11-25-19(22)17-7-6-13(2)10-14(17)3/h6-7,10,15-16H,5,8-9,11-12H2,1-4H3/t15-,16-/m0/s1. The lowest BCUT2D eigenvalue weighted by Gasteiger charge is -2.33. The third-order valence-corrected chi connectivity index (χ3v) is 6.63. The highest BCUT2D eigenvalue weighted by Crippen LogP contribution is 2.21. The van der Waals surface area contributed by atoms with Crippen LogP contribution in [0.2, 0.25) is 0 Å². The van der Waals surface area contributed by atoms with Crippen LogP contribution in [0.3, 0.4) is 0 Å². The van der Waals surface area contributed by atoms with Gasteiger partial charge in [0, 0.05) is 12.1 Å². The van der Waals surface area contributed by atoms with E-state index < -0.39 is 15.8 Å². The summed E-state index contributed by atoms with van der Waals surface area (Å²) in [5, 5.41) is 0. The highest BCUT2D eigenvalue weighted by Gasteiger charge is 2.36. The van der Waals surface area contributed by atoms with E-state index in [-0.39, 0.29) is 36.1 Å². The molecule has 26 heavy (non-hydrogen) atoms. The van der Waals surface area contributed by atoms with E-state index in [1.54, 1.807) is 11.0 Å². The Balaban J connectivity index is 2.06. The molecule has 1 amide bonds. The van der Waals surface area contributed by atoms with Crippen LogP contribution < -0.4 is 0 Å². The zero-order valence-electron chi connectivity index (χ0n) is 15.8. The van der Waals surface area contributed by atoms with Crippen LogP contribution in [-0.4, -0.2) is 55.4 Å². The first kappa shape index (κ1) is 20.4. The molecule has 0 unspecified atom stereocenters. The van der Waals surface area contributed by atoms with Gasteiger partial charge >= 0.3 is 5.97 Å². The minimum atomic E-state index is -3.10. The van der Waals surface area contributed by atoms with Gasteiger partial charge in [0.25, 0.3) is 5.91 Å². The molecular weight excluding hydrogens is 354 g/mol. The van der Waals surface area contributed by atoms with Gasteiger partial charge in [-0.2, -0.15) is 0 Å². The van der Waals surface area contributed by atoms with Gasteiger partial charge in [-0.15, -0.1) is 0 Å². The molecule has 2 rings (SSSR count). The van der Waals surface area contributed by atoms with Gasteiger partial charge < -0.3 is 9.64 Å². The Kier molecular flexibility index (Phi) is 6.44. The van der Waals surface area contributed by atoms with Crippen molar-refractivity contribution in [3.8, 4) is 0 Å². The van der Waals surface area contributed by atoms with Crippen LogP contribution in [0.15, 0.2) is 18.2 Å². The van der Waals surface area contributed by atoms with Crippen molar-refractivity contribution in [2.45, 2.75) is 52.6 Å². The third-order valence-electron chi connectivity index (χ3n) is 4.88. The number of ether oxygens (including phenoxy) is 1. The van der Waals surface area contributed by atoms with E-state index in [2.05, 4.69) is 0 Å². The second-order valence-corrected chi connectivity index (χ2v) is 9.24. The molecule has 0 spiro atoms. The van der Waals surface area contributed by atoms with Crippen molar-refractivity contribution in [1.82, 2.24) is 4.90 Å².